The molecule has 1 aliphatic carbocycles. The molecule has 1 heterocycles. The van der Waals surface area contributed by atoms with Crippen molar-refractivity contribution in [2.75, 3.05) is 33.3 Å². The Balaban J connectivity index is 2.04. The molecule has 4 heteroatoms. The second-order valence-corrected chi connectivity index (χ2v) is 5.25. The Morgan fingerprint density at radius 2 is 2.19 bits per heavy atom. The molecule has 92 valence electrons. The molecule has 16 heavy (non-hydrogen) atoms. The molecule has 1 atom stereocenters. The van der Waals surface area contributed by atoms with Gasteiger partial charge in [0.15, 0.2) is 0 Å². The highest BCUT2D eigenvalue weighted by Crippen LogP contribution is 2.48. The van der Waals surface area contributed by atoms with Crippen LogP contribution in [-0.4, -0.2) is 49.2 Å². The molecule has 2 aliphatic rings. The van der Waals surface area contributed by atoms with Crippen LogP contribution in [0.15, 0.2) is 0 Å². The van der Waals surface area contributed by atoms with Crippen molar-refractivity contribution in [3.05, 3.63) is 0 Å². The summed E-state index contributed by atoms with van der Waals surface area (Å²) >= 11 is 0. The van der Waals surface area contributed by atoms with Crippen LogP contribution < -0.4 is 5.32 Å². The Kier molecular flexibility index (Phi) is 3.50. The van der Waals surface area contributed by atoms with Gasteiger partial charge in [-0.25, -0.2) is 0 Å². The number of hydrogen-bond acceptors (Lipinski definition) is 3. The van der Waals surface area contributed by atoms with Crippen molar-refractivity contribution >= 4 is 5.91 Å². The summed E-state index contributed by atoms with van der Waals surface area (Å²) in [5.74, 6) is 0.473. The maximum absolute atomic E-state index is 11.8. The Hall–Kier alpha value is -0.610. The van der Waals surface area contributed by atoms with E-state index in [1.165, 1.54) is 25.7 Å². The van der Waals surface area contributed by atoms with Gasteiger partial charge >= 0.3 is 0 Å². The SMILES string of the molecule is CNCC(=O)N1C[C@@H](CO)C2(CCCC2)C1. The zero-order valence-electron chi connectivity index (χ0n) is 10.0. The van der Waals surface area contributed by atoms with E-state index in [-0.39, 0.29) is 17.9 Å². The second-order valence-electron chi connectivity index (χ2n) is 5.25. The van der Waals surface area contributed by atoms with Gasteiger partial charge < -0.3 is 15.3 Å². The van der Waals surface area contributed by atoms with Crippen LogP contribution in [0, 0.1) is 11.3 Å². The van der Waals surface area contributed by atoms with Gasteiger partial charge in [0.05, 0.1) is 6.54 Å². The predicted molar refractivity (Wildman–Crippen MR) is 62.0 cm³/mol. The molecule has 1 saturated carbocycles. The van der Waals surface area contributed by atoms with E-state index in [1.807, 2.05) is 4.90 Å². The molecular formula is C12H22N2O2. The van der Waals surface area contributed by atoms with Crippen LogP contribution in [0.2, 0.25) is 0 Å². The largest absolute Gasteiger partial charge is 0.396 e. The fraction of sp³-hybridized carbons (Fsp3) is 0.917. The molecule has 4 nitrogen and oxygen atoms in total. The fourth-order valence-corrected chi connectivity index (χ4v) is 3.38. The minimum atomic E-state index is 0.171. The molecule has 1 aliphatic heterocycles. The van der Waals surface area contributed by atoms with Gasteiger partial charge in [-0.15, -0.1) is 0 Å². The number of rotatable bonds is 3. The Labute approximate surface area is 97.0 Å². The highest BCUT2D eigenvalue weighted by atomic mass is 16.3. The molecule has 0 aromatic heterocycles. The number of likely N-dealkylation sites (tertiary alicyclic amines) is 1. The molecule has 2 rings (SSSR count). The lowest BCUT2D eigenvalue weighted by Crippen LogP contribution is -2.36. The summed E-state index contributed by atoms with van der Waals surface area (Å²) in [7, 11) is 1.79. The maximum atomic E-state index is 11.8. The standard InChI is InChI=1S/C12H22N2O2/c1-13-6-11(16)14-7-10(8-15)12(9-14)4-2-3-5-12/h10,13,15H,2-9H2,1H3/t10-/m0/s1. The van der Waals surface area contributed by atoms with Crippen LogP contribution in [0.1, 0.15) is 25.7 Å². The van der Waals surface area contributed by atoms with Crippen molar-refractivity contribution in [1.82, 2.24) is 10.2 Å². The summed E-state index contributed by atoms with van der Waals surface area (Å²) < 4.78 is 0. The van der Waals surface area contributed by atoms with E-state index in [2.05, 4.69) is 5.32 Å². The smallest absolute Gasteiger partial charge is 0.236 e. The van der Waals surface area contributed by atoms with Crippen LogP contribution in [0.5, 0.6) is 0 Å². The Morgan fingerprint density at radius 1 is 1.50 bits per heavy atom. The number of likely N-dealkylation sites (N-methyl/N-ethyl adjacent to an activating group) is 1. The van der Waals surface area contributed by atoms with Crippen LogP contribution in [0.3, 0.4) is 0 Å². The molecule has 0 aromatic carbocycles. The fourth-order valence-electron chi connectivity index (χ4n) is 3.38. The first-order valence-electron chi connectivity index (χ1n) is 6.25. The zero-order valence-corrected chi connectivity index (χ0v) is 10.0. The molecule has 2 N–H and O–H groups in total. The van der Waals surface area contributed by atoms with Crippen molar-refractivity contribution < 1.29 is 9.90 Å². The number of carbonyl (C=O) groups excluding carboxylic acids is 1. The number of nitrogens with zero attached hydrogens (tertiary/aromatic N) is 1. The average molecular weight is 226 g/mol. The lowest BCUT2D eigenvalue weighted by molar-refractivity contribution is -0.129. The van der Waals surface area contributed by atoms with Gasteiger partial charge in [-0.2, -0.15) is 0 Å². The van der Waals surface area contributed by atoms with Gasteiger partial charge in [0.2, 0.25) is 5.91 Å². The number of hydrogen-bond donors (Lipinski definition) is 2. The van der Waals surface area contributed by atoms with E-state index < -0.39 is 0 Å². The highest BCUT2D eigenvalue weighted by Gasteiger charge is 2.48. The first-order valence-corrected chi connectivity index (χ1v) is 6.25. The Morgan fingerprint density at radius 3 is 2.75 bits per heavy atom. The number of amides is 1. The van der Waals surface area contributed by atoms with Crippen LogP contribution in [0.25, 0.3) is 0 Å². The first-order chi connectivity index (χ1) is 7.72. The molecule has 0 bridgehead atoms. The molecule has 1 spiro atoms. The van der Waals surface area contributed by atoms with Gasteiger partial charge in [-0.05, 0) is 25.3 Å². The van der Waals surface area contributed by atoms with Gasteiger partial charge in [0.25, 0.3) is 0 Å². The minimum Gasteiger partial charge on any atom is -0.396 e. The van der Waals surface area contributed by atoms with Crippen LogP contribution in [0.4, 0.5) is 0 Å². The number of aliphatic hydroxyl groups excluding tert-OH is 1. The lowest BCUT2D eigenvalue weighted by Gasteiger charge is -2.28. The summed E-state index contributed by atoms with van der Waals surface area (Å²) in [4.78, 5) is 13.8. The third kappa shape index (κ3) is 1.96. The van der Waals surface area contributed by atoms with E-state index in [1.54, 1.807) is 7.05 Å². The Bertz CT molecular complexity index is 262. The molecule has 0 radical (unpaired) electrons. The third-order valence-electron chi connectivity index (χ3n) is 4.31. The van der Waals surface area contributed by atoms with E-state index in [9.17, 15) is 9.90 Å². The third-order valence-corrected chi connectivity index (χ3v) is 4.31. The van der Waals surface area contributed by atoms with E-state index in [4.69, 9.17) is 0 Å². The van der Waals surface area contributed by atoms with Gasteiger partial charge in [-0.3, -0.25) is 4.79 Å². The molecule has 2 fully saturated rings. The minimum absolute atomic E-state index is 0.171. The normalized spacial score (nSPS) is 27.9. The van der Waals surface area contributed by atoms with Crippen molar-refractivity contribution in [3.63, 3.8) is 0 Å². The van der Waals surface area contributed by atoms with Gasteiger partial charge in [0, 0.05) is 25.6 Å². The zero-order chi connectivity index (χ0) is 11.6. The number of carbonyl (C=O) groups is 1. The summed E-state index contributed by atoms with van der Waals surface area (Å²) in [5, 5.41) is 12.4. The van der Waals surface area contributed by atoms with Gasteiger partial charge in [-0.1, -0.05) is 12.8 Å². The molecule has 0 unspecified atom stereocenters. The average Bonchev–Trinajstić information content (AvgIpc) is 2.87. The summed E-state index contributed by atoms with van der Waals surface area (Å²) in [6, 6.07) is 0. The molecule has 1 amide bonds. The van der Waals surface area contributed by atoms with Crippen molar-refractivity contribution in [3.8, 4) is 0 Å². The van der Waals surface area contributed by atoms with Gasteiger partial charge in [0.1, 0.15) is 0 Å². The van der Waals surface area contributed by atoms with E-state index in [0.29, 0.717) is 12.5 Å². The molecule has 1 saturated heterocycles. The van der Waals surface area contributed by atoms with Crippen LogP contribution >= 0.6 is 0 Å². The summed E-state index contributed by atoms with van der Waals surface area (Å²) in [5.41, 5.74) is 0.234. The predicted octanol–water partition coefficient (Wildman–Crippen LogP) is 0.217. The van der Waals surface area contributed by atoms with E-state index >= 15 is 0 Å². The lowest BCUT2D eigenvalue weighted by atomic mass is 9.77. The number of aliphatic hydroxyl groups is 1. The quantitative estimate of drug-likeness (QED) is 0.723. The molecule has 0 aromatic rings. The maximum Gasteiger partial charge on any atom is 0.236 e. The van der Waals surface area contributed by atoms with E-state index in [0.717, 1.165) is 13.1 Å². The summed E-state index contributed by atoms with van der Waals surface area (Å²) in [6.45, 7) is 2.24. The summed E-state index contributed by atoms with van der Waals surface area (Å²) in [6.07, 6.45) is 4.87. The van der Waals surface area contributed by atoms with Crippen LogP contribution in [-0.2, 0) is 4.79 Å². The highest BCUT2D eigenvalue weighted by molar-refractivity contribution is 5.78. The first kappa shape index (κ1) is 11.9. The second kappa shape index (κ2) is 4.72. The van der Waals surface area contributed by atoms with Crippen molar-refractivity contribution in [2.24, 2.45) is 11.3 Å². The monoisotopic (exact) mass is 226 g/mol. The number of nitrogens with one attached hydrogen (secondary N) is 1. The van der Waals surface area contributed by atoms with Crippen molar-refractivity contribution in [2.45, 2.75) is 25.7 Å². The van der Waals surface area contributed by atoms with Crippen molar-refractivity contribution in [1.29, 1.82) is 0 Å². The topological polar surface area (TPSA) is 52.6 Å². The molecular weight excluding hydrogens is 204 g/mol.